The molecular formula is C10H15NO4S. The van der Waals surface area contributed by atoms with Crippen molar-refractivity contribution in [1.82, 2.24) is 4.72 Å². The van der Waals surface area contributed by atoms with E-state index >= 15 is 0 Å². The lowest BCUT2D eigenvalue weighted by Gasteiger charge is -2.25. The Kier molecular flexibility index (Phi) is 2.10. The molecule has 5 atom stereocenters. The highest BCUT2D eigenvalue weighted by Gasteiger charge is 2.63. The lowest BCUT2D eigenvalue weighted by atomic mass is 9.93. The standard InChI is InChI=1S/C10H15NO4S/c1-2-8(12)15-10-5-3-6-7(4-5)16(13,14)11-9(6)10/h5-7,9-11H,2-4H2,1H3. The highest BCUT2D eigenvalue weighted by Crippen LogP contribution is 2.52. The molecule has 16 heavy (non-hydrogen) atoms. The molecule has 0 radical (unpaired) electrons. The Morgan fingerprint density at radius 2 is 2.19 bits per heavy atom. The van der Waals surface area contributed by atoms with Crippen LogP contribution in [0.2, 0.25) is 0 Å². The van der Waals surface area contributed by atoms with E-state index in [9.17, 15) is 13.2 Å². The van der Waals surface area contributed by atoms with Crippen molar-refractivity contribution in [3.05, 3.63) is 0 Å². The number of hydrogen-bond donors (Lipinski definition) is 1. The first kappa shape index (κ1) is 10.5. The second-order valence-corrected chi connectivity index (χ2v) is 6.86. The summed E-state index contributed by atoms with van der Waals surface area (Å²) in [6, 6.07) is -0.163. The Hall–Kier alpha value is -0.620. The minimum atomic E-state index is -3.15. The molecule has 90 valence electrons. The van der Waals surface area contributed by atoms with E-state index in [4.69, 9.17) is 4.74 Å². The fourth-order valence-electron chi connectivity index (χ4n) is 3.45. The van der Waals surface area contributed by atoms with Gasteiger partial charge in [0.25, 0.3) is 0 Å². The summed E-state index contributed by atoms with van der Waals surface area (Å²) in [5.41, 5.74) is 0. The minimum absolute atomic E-state index is 0.157. The zero-order valence-electron chi connectivity index (χ0n) is 9.05. The van der Waals surface area contributed by atoms with Gasteiger partial charge in [-0.3, -0.25) is 4.79 Å². The van der Waals surface area contributed by atoms with Crippen LogP contribution < -0.4 is 4.72 Å². The zero-order valence-corrected chi connectivity index (χ0v) is 9.87. The number of nitrogens with one attached hydrogen (secondary N) is 1. The molecule has 0 aromatic rings. The summed E-state index contributed by atoms with van der Waals surface area (Å²) in [5.74, 6) is 0.158. The van der Waals surface area contributed by atoms with Gasteiger partial charge in [0.15, 0.2) is 0 Å². The second-order valence-electron chi connectivity index (χ2n) is 4.93. The number of hydrogen-bond acceptors (Lipinski definition) is 4. The molecule has 1 heterocycles. The quantitative estimate of drug-likeness (QED) is 0.696. The van der Waals surface area contributed by atoms with E-state index in [0.29, 0.717) is 12.8 Å². The third-order valence-electron chi connectivity index (χ3n) is 4.12. The Morgan fingerprint density at radius 3 is 2.88 bits per heavy atom. The maximum absolute atomic E-state index is 11.7. The number of carbonyl (C=O) groups is 1. The van der Waals surface area contributed by atoms with Gasteiger partial charge >= 0.3 is 5.97 Å². The topological polar surface area (TPSA) is 72.5 Å². The summed E-state index contributed by atoms with van der Waals surface area (Å²) in [5, 5.41) is -0.237. The third kappa shape index (κ3) is 1.26. The molecule has 1 aliphatic heterocycles. The molecule has 2 bridgehead atoms. The maximum Gasteiger partial charge on any atom is 0.305 e. The van der Waals surface area contributed by atoms with Crippen LogP contribution in [0.4, 0.5) is 0 Å². The first-order valence-electron chi connectivity index (χ1n) is 5.73. The van der Waals surface area contributed by atoms with Gasteiger partial charge in [-0.1, -0.05) is 6.92 Å². The predicted molar refractivity (Wildman–Crippen MR) is 56.0 cm³/mol. The highest BCUT2D eigenvalue weighted by molar-refractivity contribution is 7.90. The molecular weight excluding hydrogens is 230 g/mol. The Labute approximate surface area is 94.6 Å². The van der Waals surface area contributed by atoms with Crippen molar-refractivity contribution in [2.45, 2.75) is 43.6 Å². The maximum atomic E-state index is 11.7. The van der Waals surface area contributed by atoms with Crippen LogP contribution in [0.1, 0.15) is 26.2 Å². The molecule has 2 saturated carbocycles. The van der Waals surface area contributed by atoms with Crippen LogP contribution in [0, 0.1) is 11.8 Å². The first-order chi connectivity index (χ1) is 7.53. The lowest BCUT2D eigenvalue weighted by Crippen LogP contribution is -2.41. The zero-order chi connectivity index (χ0) is 11.5. The highest BCUT2D eigenvalue weighted by atomic mass is 32.2. The van der Waals surface area contributed by atoms with E-state index in [2.05, 4.69) is 4.72 Å². The largest absolute Gasteiger partial charge is 0.460 e. The average molecular weight is 245 g/mol. The van der Waals surface area contributed by atoms with Crippen LogP contribution in [0.15, 0.2) is 0 Å². The Morgan fingerprint density at radius 1 is 1.44 bits per heavy atom. The molecule has 3 aliphatic rings. The third-order valence-corrected chi connectivity index (χ3v) is 6.06. The van der Waals surface area contributed by atoms with E-state index < -0.39 is 10.0 Å². The number of ether oxygens (including phenoxy) is 1. The van der Waals surface area contributed by atoms with Crippen molar-refractivity contribution in [1.29, 1.82) is 0 Å². The van der Waals surface area contributed by atoms with Crippen LogP contribution in [0.25, 0.3) is 0 Å². The normalized spacial score (nSPS) is 47.2. The fraction of sp³-hybridized carbons (Fsp3) is 0.900. The van der Waals surface area contributed by atoms with Gasteiger partial charge in [-0.15, -0.1) is 0 Å². The van der Waals surface area contributed by atoms with Crippen molar-refractivity contribution in [3.63, 3.8) is 0 Å². The van der Waals surface area contributed by atoms with Crippen LogP contribution in [0.5, 0.6) is 0 Å². The molecule has 1 N–H and O–H groups in total. The molecule has 3 fully saturated rings. The Bertz CT molecular complexity index is 432. The van der Waals surface area contributed by atoms with Crippen molar-refractivity contribution in [3.8, 4) is 0 Å². The fourth-order valence-corrected chi connectivity index (χ4v) is 5.55. The predicted octanol–water partition coefficient (Wildman–Crippen LogP) is 0.0182. The summed E-state index contributed by atoms with van der Waals surface area (Å²) in [7, 11) is -3.15. The van der Waals surface area contributed by atoms with Gasteiger partial charge in [0.1, 0.15) is 6.10 Å². The molecule has 1 saturated heterocycles. The van der Waals surface area contributed by atoms with Gasteiger partial charge in [0, 0.05) is 6.42 Å². The van der Waals surface area contributed by atoms with Crippen LogP contribution in [-0.4, -0.2) is 31.8 Å². The number of fused-ring (bicyclic) bond motifs is 1. The Balaban J connectivity index is 1.84. The van der Waals surface area contributed by atoms with Gasteiger partial charge in [0.05, 0.1) is 11.3 Å². The van der Waals surface area contributed by atoms with Gasteiger partial charge in [-0.2, -0.15) is 0 Å². The summed E-state index contributed by atoms with van der Waals surface area (Å²) in [6.07, 6.45) is 1.64. The lowest BCUT2D eigenvalue weighted by molar-refractivity contribution is -0.152. The van der Waals surface area contributed by atoms with E-state index in [1.165, 1.54) is 0 Å². The van der Waals surface area contributed by atoms with Gasteiger partial charge in [-0.25, -0.2) is 13.1 Å². The molecule has 0 aromatic carbocycles. The van der Waals surface area contributed by atoms with Crippen LogP contribution in [0.3, 0.4) is 0 Å². The monoisotopic (exact) mass is 245 g/mol. The summed E-state index contributed by atoms with van der Waals surface area (Å²) >= 11 is 0. The van der Waals surface area contributed by atoms with Crippen molar-refractivity contribution in [2.75, 3.05) is 0 Å². The van der Waals surface area contributed by atoms with Crippen molar-refractivity contribution < 1.29 is 17.9 Å². The van der Waals surface area contributed by atoms with Gasteiger partial charge in [-0.05, 0) is 24.7 Å². The van der Waals surface area contributed by atoms with Crippen molar-refractivity contribution in [2.24, 2.45) is 11.8 Å². The molecule has 0 aromatic heterocycles. The van der Waals surface area contributed by atoms with Crippen LogP contribution >= 0.6 is 0 Å². The van der Waals surface area contributed by atoms with E-state index in [1.54, 1.807) is 6.92 Å². The number of sulfonamides is 1. The second kappa shape index (κ2) is 3.20. The number of rotatable bonds is 2. The summed E-state index contributed by atoms with van der Waals surface area (Å²) in [4.78, 5) is 11.3. The SMILES string of the molecule is CCC(=O)OC1C2CC3C1NS(=O)(=O)C3C2. The molecule has 5 nitrogen and oxygen atoms in total. The van der Waals surface area contributed by atoms with Gasteiger partial charge in [0.2, 0.25) is 10.0 Å². The summed E-state index contributed by atoms with van der Waals surface area (Å²) in [6.45, 7) is 1.75. The van der Waals surface area contributed by atoms with E-state index in [0.717, 1.165) is 6.42 Å². The molecule has 3 rings (SSSR count). The van der Waals surface area contributed by atoms with Crippen LogP contribution in [-0.2, 0) is 19.6 Å². The van der Waals surface area contributed by atoms with E-state index in [1.807, 2.05) is 0 Å². The smallest absolute Gasteiger partial charge is 0.305 e. The molecule has 5 unspecified atom stereocenters. The molecule has 6 heteroatoms. The molecule has 0 amide bonds. The number of carbonyl (C=O) groups excluding carboxylic acids is 1. The first-order valence-corrected chi connectivity index (χ1v) is 7.28. The van der Waals surface area contributed by atoms with E-state index in [-0.39, 0.29) is 35.2 Å². The molecule has 2 aliphatic carbocycles. The molecule has 0 spiro atoms. The summed E-state index contributed by atoms with van der Waals surface area (Å²) < 4.78 is 31.5. The average Bonchev–Trinajstić information content (AvgIpc) is 2.81. The van der Waals surface area contributed by atoms with Gasteiger partial charge < -0.3 is 4.74 Å². The van der Waals surface area contributed by atoms with Crippen molar-refractivity contribution >= 4 is 16.0 Å². The number of esters is 1. The minimum Gasteiger partial charge on any atom is -0.460 e.